The van der Waals surface area contributed by atoms with Gasteiger partial charge in [0.05, 0.1) is 16.8 Å². The second-order valence-corrected chi connectivity index (χ2v) is 12.2. The zero-order valence-electron chi connectivity index (χ0n) is 16.9. The number of nitrogens with zero attached hydrogens (tertiary/aromatic N) is 1. The van der Waals surface area contributed by atoms with Crippen molar-refractivity contribution in [2.45, 2.75) is 22.6 Å². The highest BCUT2D eigenvalue weighted by Crippen LogP contribution is 2.53. The van der Waals surface area contributed by atoms with Crippen LogP contribution in [0.3, 0.4) is 0 Å². The number of pyridine rings is 1. The number of rotatable bonds is 10. The molecule has 0 fully saturated rings. The molecule has 0 unspecified atom stereocenters. The van der Waals surface area contributed by atoms with Crippen molar-refractivity contribution in [2.75, 3.05) is 0 Å². The zero-order valence-corrected chi connectivity index (χ0v) is 21.0. The lowest BCUT2D eigenvalue weighted by atomic mass is 10.1. The Bertz CT molecular complexity index is 1270. The molecular weight excluding hydrogens is 561 g/mol. The van der Waals surface area contributed by atoms with E-state index in [9.17, 15) is 22.0 Å². The van der Waals surface area contributed by atoms with Crippen LogP contribution in [0.2, 0.25) is 0 Å². The average molecular weight is 579 g/mol. The molecule has 0 aliphatic heterocycles. The predicted octanol–water partition coefficient (Wildman–Crippen LogP) is 6.09. The Labute approximate surface area is 202 Å². The molecule has 7 nitrogen and oxygen atoms in total. The first-order valence-electron chi connectivity index (χ1n) is 9.26. The molecule has 0 aliphatic rings. The van der Waals surface area contributed by atoms with Crippen molar-refractivity contribution in [3.8, 4) is 11.3 Å². The number of nitrogens with two attached hydrogens (primary N) is 1. The Morgan fingerprint density at radius 1 is 1.03 bits per heavy atom. The van der Waals surface area contributed by atoms with E-state index in [0.717, 1.165) is 11.1 Å². The van der Waals surface area contributed by atoms with Gasteiger partial charge >= 0.3 is 7.60 Å². The lowest BCUT2D eigenvalue weighted by molar-refractivity contribution is -0.0881. The first-order chi connectivity index (χ1) is 15.6. The van der Waals surface area contributed by atoms with Crippen LogP contribution in [0.25, 0.3) is 11.3 Å². The molecule has 33 heavy (non-hydrogen) atoms. The number of halogens is 3. The Balaban J connectivity index is 1.59. The van der Waals surface area contributed by atoms with Crippen LogP contribution in [0.4, 0.5) is 9.05 Å². The summed E-state index contributed by atoms with van der Waals surface area (Å²) >= 11 is 4.92. The SMILES string of the molecule is NS(=O)(=O)c1cccc(-c2ccc(CSCc3ccc(CP(=O)(OF)OF)c(Br)c3)cn2)c1. The minimum Gasteiger partial charge on any atom is -0.256 e. The van der Waals surface area contributed by atoms with Gasteiger partial charge in [0.25, 0.3) is 0 Å². The van der Waals surface area contributed by atoms with E-state index in [-0.39, 0.29) is 4.90 Å². The smallest absolute Gasteiger partial charge is 0.256 e. The fourth-order valence-corrected chi connectivity index (χ4v) is 5.95. The number of benzene rings is 2. The zero-order chi connectivity index (χ0) is 24.1. The van der Waals surface area contributed by atoms with E-state index < -0.39 is 23.8 Å². The van der Waals surface area contributed by atoms with E-state index in [4.69, 9.17) is 5.14 Å². The highest BCUT2D eigenvalue weighted by molar-refractivity contribution is 9.10. The van der Waals surface area contributed by atoms with E-state index in [1.807, 2.05) is 12.1 Å². The molecule has 0 amide bonds. The maximum atomic E-state index is 12.3. The van der Waals surface area contributed by atoms with Gasteiger partial charge in [-0.1, -0.05) is 46.3 Å². The molecule has 0 saturated heterocycles. The maximum absolute atomic E-state index is 12.3. The summed E-state index contributed by atoms with van der Waals surface area (Å²) in [5.74, 6) is 1.32. The van der Waals surface area contributed by atoms with Crippen LogP contribution in [0, 0.1) is 0 Å². The van der Waals surface area contributed by atoms with Crippen LogP contribution in [0.1, 0.15) is 16.7 Å². The van der Waals surface area contributed by atoms with Crippen molar-refractivity contribution in [1.29, 1.82) is 0 Å². The molecule has 0 bridgehead atoms. The number of primary sulfonamides is 1. The molecule has 0 atom stereocenters. The number of hydrogen-bond donors (Lipinski definition) is 1. The summed E-state index contributed by atoms with van der Waals surface area (Å²) in [4.78, 5) is 4.43. The van der Waals surface area contributed by atoms with Crippen LogP contribution >= 0.6 is 35.3 Å². The van der Waals surface area contributed by atoms with Crippen molar-refractivity contribution < 1.29 is 31.5 Å². The minimum absolute atomic E-state index is 0.0240. The van der Waals surface area contributed by atoms with Gasteiger partial charge in [0.15, 0.2) is 0 Å². The van der Waals surface area contributed by atoms with Crippen molar-refractivity contribution in [1.82, 2.24) is 4.98 Å². The van der Waals surface area contributed by atoms with E-state index >= 15 is 0 Å². The van der Waals surface area contributed by atoms with Crippen molar-refractivity contribution in [3.05, 3.63) is 82.0 Å². The molecule has 0 saturated carbocycles. The van der Waals surface area contributed by atoms with E-state index in [2.05, 4.69) is 30.4 Å². The highest BCUT2D eigenvalue weighted by Gasteiger charge is 2.29. The standard InChI is InChI=1S/C20H18BrF2N2O5PS2/c21-19-8-14(4-6-17(19)11-31(26,29-22)30-23)12-32-13-15-5-7-20(25-10-15)16-2-1-3-18(9-16)33(24,27)28/h1-10H,11-13H2,(H2,24,27,28). The molecule has 176 valence electrons. The number of sulfonamides is 1. The third kappa shape index (κ3) is 7.16. The largest absolute Gasteiger partial charge is 0.399 e. The first-order valence-corrected chi connectivity index (χ1v) is 14.5. The average Bonchev–Trinajstić information content (AvgIpc) is 2.81. The summed E-state index contributed by atoms with van der Waals surface area (Å²) in [6, 6.07) is 15.1. The third-order valence-corrected chi connectivity index (χ3v) is 8.38. The monoisotopic (exact) mass is 578 g/mol. The van der Waals surface area contributed by atoms with Crippen molar-refractivity contribution in [3.63, 3.8) is 0 Å². The van der Waals surface area contributed by atoms with Gasteiger partial charge in [-0.15, -0.1) is 9.46 Å². The summed E-state index contributed by atoms with van der Waals surface area (Å²) in [7, 11) is -8.25. The normalized spacial score (nSPS) is 12.1. The third-order valence-electron chi connectivity index (χ3n) is 4.51. The molecule has 3 aromatic rings. The number of thioether (sulfide) groups is 1. The summed E-state index contributed by atoms with van der Waals surface area (Å²) in [5, 5.41) is 5.18. The molecule has 2 N–H and O–H groups in total. The second kappa shape index (κ2) is 11.2. The Morgan fingerprint density at radius 2 is 1.73 bits per heavy atom. The summed E-state index contributed by atoms with van der Waals surface area (Å²) in [6.07, 6.45) is 1.17. The molecule has 0 spiro atoms. The van der Waals surface area contributed by atoms with Crippen LogP contribution < -0.4 is 5.14 Å². The molecule has 1 heterocycles. The predicted molar refractivity (Wildman–Crippen MR) is 126 cm³/mol. The van der Waals surface area contributed by atoms with Gasteiger partial charge in [-0.25, -0.2) is 13.6 Å². The van der Waals surface area contributed by atoms with Gasteiger partial charge in [0.2, 0.25) is 10.0 Å². The van der Waals surface area contributed by atoms with Gasteiger partial charge in [-0.05, 0) is 50.0 Å². The summed E-state index contributed by atoms with van der Waals surface area (Å²) < 4.78 is 66.0. The van der Waals surface area contributed by atoms with Gasteiger partial charge in [0.1, 0.15) is 0 Å². The van der Waals surface area contributed by atoms with Crippen molar-refractivity contribution >= 4 is 45.3 Å². The molecule has 13 heteroatoms. The highest BCUT2D eigenvalue weighted by atomic mass is 79.9. The molecule has 2 aromatic carbocycles. The van der Waals surface area contributed by atoms with Gasteiger partial charge < -0.3 is 0 Å². The molecule has 1 aromatic heterocycles. The fourth-order valence-electron chi connectivity index (χ4n) is 2.88. The summed E-state index contributed by atoms with van der Waals surface area (Å²) in [5.41, 5.74) is 3.57. The Hall–Kier alpha value is -1.66. The van der Waals surface area contributed by atoms with Crippen molar-refractivity contribution in [2.24, 2.45) is 5.14 Å². The van der Waals surface area contributed by atoms with Crippen LogP contribution in [0.15, 0.2) is 70.2 Å². The lowest BCUT2D eigenvalue weighted by Gasteiger charge is -2.10. The van der Waals surface area contributed by atoms with Gasteiger partial charge in [-0.2, -0.15) is 11.8 Å². The molecule has 0 radical (unpaired) electrons. The first kappa shape index (κ1) is 26.0. The molecule has 0 aliphatic carbocycles. The summed E-state index contributed by atoms with van der Waals surface area (Å²) in [6.45, 7) is 0. The Morgan fingerprint density at radius 3 is 2.33 bits per heavy atom. The van der Waals surface area contributed by atoms with E-state index in [1.54, 1.807) is 48.3 Å². The Kier molecular flexibility index (Phi) is 8.79. The fraction of sp³-hybridized carbons (Fsp3) is 0.150. The van der Waals surface area contributed by atoms with Crippen LogP contribution in [-0.2, 0) is 41.7 Å². The van der Waals surface area contributed by atoms with Crippen LogP contribution in [-0.4, -0.2) is 13.4 Å². The number of hydrogen-bond acceptors (Lipinski definition) is 7. The van der Waals surface area contributed by atoms with Gasteiger partial charge in [0, 0.05) is 27.7 Å². The van der Waals surface area contributed by atoms with Crippen LogP contribution in [0.5, 0.6) is 0 Å². The topological polar surface area (TPSA) is 109 Å². The molecular formula is C20H18BrF2N2O5PS2. The van der Waals surface area contributed by atoms with Gasteiger partial charge in [-0.3, -0.25) is 9.55 Å². The van der Waals surface area contributed by atoms with E-state index in [0.29, 0.717) is 32.8 Å². The number of aromatic nitrogens is 1. The lowest BCUT2D eigenvalue weighted by Crippen LogP contribution is -2.11. The van der Waals surface area contributed by atoms with E-state index in [1.165, 1.54) is 12.1 Å². The quantitative estimate of drug-likeness (QED) is 0.290. The second-order valence-electron chi connectivity index (χ2n) is 6.95. The minimum atomic E-state index is -4.46. The maximum Gasteiger partial charge on any atom is 0.399 e. The molecule has 3 rings (SSSR count).